The van der Waals surface area contributed by atoms with E-state index in [0.29, 0.717) is 36.8 Å². The highest BCUT2D eigenvalue weighted by molar-refractivity contribution is 6.31. The number of non-ortho nitro benzene ring substituents is 1. The van der Waals surface area contributed by atoms with Crippen LogP contribution in [0.1, 0.15) is 15.9 Å². The van der Waals surface area contributed by atoms with Gasteiger partial charge in [-0.2, -0.15) is 0 Å². The van der Waals surface area contributed by atoms with Crippen LogP contribution in [0.3, 0.4) is 0 Å². The average molecular weight is 360 g/mol. The maximum absolute atomic E-state index is 12.6. The molecule has 1 heterocycles. The molecule has 0 aliphatic carbocycles. The predicted octanol–water partition coefficient (Wildman–Crippen LogP) is 3.52. The summed E-state index contributed by atoms with van der Waals surface area (Å²) in [6, 6.07) is 11.9. The summed E-state index contributed by atoms with van der Waals surface area (Å²) in [6.07, 6.45) is 0. The van der Waals surface area contributed by atoms with E-state index in [0.717, 1.165) is 11.3 Å². The largest absolute Gasteiger partial charge is 0.368 e. The van der Waals surface area contributed by atoms with Crippen molar-refractivity contribution in [1.29, 1.82) is 0 Å². The van der Waals surface area contributed by atoms with Gasteiger partial charge >= 0.3 is 0 Å². The van der Waals surface area contributed by atoms with E-state index in [2.05, 4.69) is 4.90 Å². The van der Waals surface area contributed by atoms with Crippen LogP contribution < -0.4 is 4.90 Å². The van der Waals surface area contributed by atoms with Crippen molar-refractivity contribution in [2.24, 2.45) is 0 Å². The first-order chi connectivity index (χ1) is 12.0. The highest BCUT2D eigenvalue weighted by Crippen LogP contribution is 2.22. The molecule has 130 valence electrons. The molecule has 25 heavy (non-hydrogen) atoms. The Bertz CT molecular complexity index is 800. The van der Waals surface area contributed by atoms with Gasteiger partial charge in [-0.3, -0.25) is 14.9 Å². The summed E-state index contributed by atoms with van der Waals surface area (Å²) in [4.78, 5) is 26.8. The monoisotopic (exact) mass is 359 g/mol. The minimum atomic E-state index is -0.410. The lowest BCUT2D eigenvalue weighted by Gasteiger charge is -2.36. The van der Waals surface area contributed by atoms with E-state index in [4.69, 9.17) is 11.6 Å². The second-order valence-electron chi connectivity index (χ2n) is 6.02. The van der Waals surface area contributed by atoms with Crippen LogP contribution in [0.15, 0.2) is 42.5 Å². The number of aryl methyl sites for hydroxylation is 1. The Hall–Kier alpha value is -2.60. The van der Waals surface area contributed by atoms with Crippen LogP contribution in [0, 0.1) is 17.0 Å². The van der Waals surface area contributed by atoms with Gasteiger partial charge < -0.3 is 9.80 Å². The second-order valence-corrected chi connectivity index (χ2v) is 6.42. The summed E-state index contributed by atoms with van der Waals surface area (Å²) in [5.41, 5.74) is 2.55. The van der Waals surface area contributed by atoms with Gasteiger partial charge in [0.1, 0.15) is 0 Å². The molecule has 1 saturated heterocycles. The normalized spacial score (nSPS) is 14.5. The fraction of sp³-hybridized carbons (Fsp3) is 0.278. The molecule has 1 fully saturated rings. The van der Waals surface area contributed by atoms with Crippen molar-refractivity contribution in [2.75, 3.05) is 31.1 Å². The van der Waals surface area contributed by atoms with Crippen molar-refractivity contribution in [2.45, 2.75) is 6.92 Å². The molecule has 1 aliphatic rings. The van der Waals surface area contributed by atoms with Crippen molar-refractivity contribution in [1.82, 2.24) is 4.90 Å². The molecule has 0 saturated carbocycles. The van der Waals surface area contributed by atoms with Gasteiger partial charge in [0, 0.05) is 54.6 Å². The molecule has 7 heteroatoms. The second kappa shape index (κ2) is 7.11. The standard InChI is InChI=1S/C18H18ClN3O3/c1-13-2-3-14(12-17(13)19)18(23)21-10-8-20(9-11-21)15-4-6-16(7-5-15)22(24)25/h2-7,12H,8-11H2,1H3. The molecule has 0 aromatic heterocycles. The lowest BCUT2D eigenvalue weighted by Crippen LogP contribution is -2.48. The maximum atomic E-state index is 12.6. The van der Waals surface area contributed by atoms with Crippen molar-refractivity contribution < 1.29 is 9.72 Å². The maximum Gasteiger partial charge on any atom is 0.269 e. The zero-order valence-corrected chi connectivity index (χ0v) is 14.6. The third-order valence-corrected chi connectivity index (χ3v) is 4.82. The van der Waals surface area contributed by atoms with Crippen molar-refractivity contribution in [3.8, 4) is 0 Å². The SMILES string of the molecule is Cc1ccc(C(=O)N2CCN(c3ccc([N+](=O)[O-])cc3)CC2)cc1Cl. The van der Waals surface area contributed by atoms with E-state index in [1.54, 1.807) is 24.3 Å². The van der Waals surface area contributed by atoms with Crippen molar-refractivity contribution in [3.63, 3.8) is 0 Å². The van der Waals surface area contributed by atoms with Gasteiger partial charge in [-0.1, -0.05) is 17.7 Å². The Morgan fingerprint density at radius 2 is 1.72 bits per heavy atom. The van der Waals surface area contributed by atoms with E-state index in [-0.39, 0.29) is 11.6 Å². The third-order valence-electron chi connectivity index (χ3n) is 4.41. The van der Waals surface area contributed by atoms with Crippen molar-refractivity contribution >= 4 is 28.9 Å². The number of rotatable bonds is 3. The Morgan fingerprint density at radius 1 is 1.08 bits per heavy atom. The third kappa shape index (κ3) is 3.74. The van der Waals surface area contributed by atoms with Gasteiger partial charge in [-0.05, 0) is 36.8 Å². The quantitative estimate of drug-likeness (QED) is 0.621. The van der Waals surface area contributed by atoms with Gasteiger partial charge in [0.25, 0.3) is 11.6 Å². The molecule has 2 aromatic rings. The van der Waals surface area contributed by atoms with E-state index in [1.807, 2.05) is 17.9 Å². The molecule has 1 amide bonds. The summed E-state index contributed by atoms with van der Waals surface area (Å²) < 4.78 is 0. The van der Waals surface area contributed by atoms with Gasteiger partial charge in [0.05, 0.1) is 4.92 Å². The Balaban J connectivity index is 1.64. The minimum absolute atomic E-state index is 0.0229. The lowest BCUT2D eigenvalue weighted by molar-refractivity contribution is -0.384. The molecule has 0 spiro atoms. The van der Waals surface area contributed by atoms with Crippen LogP contribution in [-0.2, 0) is 0 Å². The number of amides is 1. The Labute approximate surface area is 150 Å². The number of halogens is 1. The molecular weight excluding hydrogens is 342 g/mol. The smallest absolute Gasteiger partial charge is 0.269 e. The van der Waals surface area contributed by atoms with E-state index in [9.17, 15) is 14.9 Å². The predicted molar refractivity (Wildman–Crippen MR) is 97.4 cm³/mol. The van der Waals surface area contributed by atoms with Crippen molar-refractivity contribution in [3.05, 3.63) is 68.7 Å². The topological polar surface area (TPSA) is 66.7 Å². The zero-order chi connectivity index (χ0) is 18.0. The number of carbonyl (C=O) groups is 1. The molecule has 0 unspecified atom stereocenters. The molecule has 0 bridgehead atoms. The average Bonchev–Trinajstić information content (AvgIpc) is 2.63. The van der Waals surface area contributed by atoms with E-state index >= 15 is 0 Å². The fourth-order valence-electron chi connectivity index (χ4n) is 2.86. The molecule has 0 N–H and O–H groups in total. The number of nitrogens with zero attached hydrogens (tertiary/aromatic N) is 3. The van der Waals surface area contributed by atoms with Gasteiger partial charge in [-0.15, -0.1) is 0 Å². The van der Waals surface area contributed by atoms with Crippen LogP contribution in [0.2, 0.25) is 5.02 Å². The summed E-state index contributed by atoms with van der Waals surface area (Å²) >= 11 is 6.11. The van der Waals surface area contributed by atoms with Crippen LogP contribution >= 0.6 is 11.6 Å². The fourth-order valence-corrected chi connectivity index (χ4v) is 3.04. The molecule has 2 aromatic carbocycles. The Morgan fingerprint density at radius 3 is 2.28 bits per heavy atom. The van der Waals surface area contributed by atoms with Gasteiger partial charge in [-0.25, -0.2) is 0 Å². The van der Waals surface area contributed by atoms with E-state index < -0.39 is 4.92 Å². The highest BCUT2D eigenvalue weighted by atomic mass is 35.5. The van der Waals surface area contributed by atoms with E-state index in [1.165, 1.54) is 12.1 Å². The minimum Gasteiger partial charge on any atom is -0.368 e. The van der Waals surface area contributed by atoms with Crippen LogP contribution in [0.5, 0.6) is 0 Å². The lowest BCUT2D eigenvalue weighted by atomic mass is 10.1. The number of piperazine rings is 1. The molecule has 1 aliphatic heterocycles. The summed E-state index contributed by atoms with van der Waals surface area (Å²) in [5, 5.41) is 11.3. The first kappa shape index (κ1) is 17.2. The first-order valence-electron chi connectivity index (χ1n) is 8.00. The van der Waals surface area contributed by atoms with Gasteiger partial charge in [0.2, 0.25) is 0 Å². The summed E-state index contributed by atoms with van der Waals surface area (Å²) in [6.45, 7) is 4.47. The summed E-state index contributed by atoms with van der Waals surface area (Å²) in [5.74, 6) is -0.0229. The molecule has 0 atom stereocenters. The number of nitro groups is 1. The summed E-state index contributed by atoms with van der Waals surface area (Å²) in [7, 11) is 0. The molecule has 6 nitrogen and oxygen atoms in total. The molecule has 0 radical (unpaired) electrons. The van der Waals surface area contributed by atoms with Crippen LogP contribution in [0.4, 0.5) is 11.4 Å². The number of nitro benzene ring substituents is 1. The van der Waals surface area contributed by atoms with Gasteiger partial charge in [0.15, 0.2) is 0 Å². The first-order valence-corrected chi connectivity index (χ1v) is 8.38. The number of hydrogen-bond acceptors (Lipinski definition) is 4. The van der Waals surface area contributed by atoms with Crippen LogP contribution in [-0.4, -0.2) is 41.9 Å². The number of anilines is 1. The molecule has 3 rings (SSSR count). The highest BCUT2D eigenvalue weighted by Gasteiger charge is 2.23. The number of benzene rings is 2. The zero-order valence-electron chi connectivity index (χ0n) is 13.8. The number of carbonyl (C=O) groups excluding carboxylic acids is 1. The molecular formula is C18H18ClN3O3. The van der Waals surface area contributed by atoms with Crippen LogP contribution in [0.25, 0.3) is 0 Å². The Kier molecular flexibility index (Phi) is 4.90. The number of hydrogen-bond donors (Lipinski definition) is 0.